The first-order valence-electron chi connectivity index (χ1n) is 9.53. The monoisotopic (exact) mass is 447 g/mol. The van der Waals surface area contributed by atoms with Crippen molar-refractivity contribution in [2.45, 2.75) is 17.0 Å². The molecule has 0 aliphatic carbocycles. The van der Waals surface area contributed by atoms with Gasteiger partial charge in [-0.2, -0.15) is 5.10 Å². The average molecular weight is 448 g/mol. The Morgan fingerprint density at radius 3 is 2.71 bits per heavy atom. The summed E-state index contributed by atoms with van der Waals surface area (Å²) in [6, 6.07) is 19.1. The maximum atomic E-state index is 13.1. The van der Waals surface area contributed by atoms with Gasteiger partial charge in [0.05, 0.1) is 5.69 Å². The SMILES string of the molecule is Cc1nnc(SCc2c(C(=O)Nc3ccn(-c4ccccc4)n3)oc3ccccc23)s1. The summed E-state index contributed by atoms with van der Waals surface area (Å²) in [6.07, 6.45) is 1.80. The van der Waals surface area contributed by atoms with Crippen molar-refractivity contribution in [2.24, 2.45) is 0 Å². The second-order valence-corrected chi connectivity index (χ2v) is 9.12. The first kappa shape index (κ1) is 19.5. The van der Waals surface area contributed by atoms with Gasteiger partial charge in [-0.25, -0.2) is 4.68 Å². The number of hydrogen-bond donors (Lipinski definition) is 1. The molecule has 0 spiro atoms. The quantitative estimate of drug-likeness (QED) is 0.355. The van der Waals surface area contributed by atoms with Gasteiger partial charge >= 0.3 is 0 Å². The molecule has 0 fully saturated rings. The Kier molecular flexibility index (Phi) is 5.27. The summed E-state index contributed by atoms with van der Waals surface area (Å²) in [5.74, 6) is 0.947. The highest BCUT2D eigenvalue weighted by Gasteiger charge is 2.22. The molecule has 3 aromatic heterocycles. The van der Waals surface area contributed by atoms with Crippen LogP contribution in [0.15, 0.2) is 75.6 Å². The molecule has 154 valence electrons. The highest BCUT2D eigenvalue weighted by atomic mass is 32.2. The van der Waals surface area contributed by atoms with Gasteiger partial charge in [-0.1, -0.05) is 59.5 Å². The largest absolute Gasteiger partial charge is 0.451 e. The Hall–Kier alpha value is -3.43. The van der Waals surface area contributed by atoms with Crippen molar-refractivity contribution in [1.82, 2.24) is 20.0 Å². The van der Waals surface area contributed by atoms with Crippen LogP contribution in [0.25, 0.3) is 16.7 Å². The van der Waals surface area contributed by atoms with Crippen molar-refractivity contribution in [2.75, 3.05) is 5.32 Å². The number of para-hydroxylation sites is 2. The lowest BCUT2D eigenvalue weighted by molar-refractivity contribution is 0.0997. The predicted molar refractivity (Wildman–Crippen MR) is 122 cm³/mol. The van der Waals surface area contributed by atoms with Crippen molar-refractivity contribution >= 4 is 45.8 Å². The van der Waals surface area contributed by atoms with E-state index in [1.165, 1.54) is 23.1 Å². The van der Waals surface area contributed by atoms with Gasteiger partial charge in [0, 0.05) is 29.0 Å². The zero-order valence-corrected chi connectivity index (χ0v) is 18.1. The number of rotatable bonds is 6. The van der Waals surface area contributed by atoms with Crippen LogP contribution < -0.4 is 5.32 Å². The van der Waals surface area contributed by atoms with Crippen LogP contribution in [-0.2, 0) is 5.75 Å². The summed E-state index contributed by atoms with van der Waals surface area (Å²) in [4.78, 5) is 13.1. The number of hydrogen-bond acceptors (Lipinski definition) is 7. The van der Waals surface area contributed by atoms with Crippen molar-refractivity contribution < 1.29 is 9.21 Å². The van der Waals surface area contributed by atoms with E-state index in [0.717, 1.165) is 26.0 Å². The topological polar surface area (TPSA) is 85.8 Å². The van der Waals surface area contributed by atoms with Gasteiger partial charge in [0.15, 0.2) is 15.9 Å². The fourth-order valence-corrected chi connectivity index (χ4v) is 5.03. The van der Waals surface area contributed by atoms with E-state index in [0.29, 0.717) is 17.2 Å². The van der Waals surface area contributed by atoms with Crippen LogP contribution in [0.1, 0.15) is 21.1 Å². The molecule has 0 radical (unpaired) electrons. The smallest absolute Gasteiger partial charge is 0.292 e. The van der Waals surface area contributed by atoms with Gasteiger partial charge in [0.25, 0.3) is 5.91 Å². The first-order valence-corrected chi connectivity index (χ1v) is 11.3. The van der Waals surface area contributed by atoms with E-state index in [4.69, 9.17) is 4.42 Å². The molecule has 0 aliphatic heterocycles. The van der Waals surface area contributed by atoms with Gasteiger partial charge in [-0.3, -0.25) is 4.79 Å². The number of amides is 1. The number of nitrogens with one attached hydrogen (secondary N) is 1. The Morgan fingerprint density at radius 1 is 1.10 bits per heavy atom. The minimum absolute atomic E-state index is 0.282. The number of furan rings is 1. The standard InChI is InChI=1S/C22H17N5O2S2/c1-14-24-25-22(31-14)30-13-17-16-9-5-6-10-18(16)29-20(17)21(28)23-19-11-12-27(26-19)15-7-3-2-4-8-15/h2-12H,13H2,1H3,(H,23,26,28). The van der Waals surface area contributed by atoms with Gasteiger partial charge < -0.3 is 9.73 Å². The molecule has 1 N–H and O–H groups in total. The Morgan fingerprint density at radius 2 is 1.90 bits per heavy atom. The Balaban J connectivity index is 1.41. The van der Waals surface area contributed by atoms with E-state index in [-0.39, 0.29) is 11.7 Å². The second kappa shape index (κ2) is 8.37. The summed E-state index contributed by atoms with van der Waals surface area (Å²) in [5.41, 5.74) is 2.41. The van der Waals surface area contributed by atoms with Crippen molar-refractivity contribution in [3.63, 3.8) is 0 Å². The molecule has 0 saturated heterocycles. The van der Waals surface area contributed by atoms with Crippen LogP contribution in [0.5, 0.6) is 0 Å². The molecule has 0 saturated carbocycles. The van der Waals surface area contributed by atoms with Gasteiger partial charge in [-0.15, -0.1) is 10.2 Å². The van der Waals surface area contributed by atoms with Crippen LogP contribution in [0.2, 0.25) is 0 Å². The van der Waals surface area contributed by atoms with E-state index in [9.17, 15) is 4.79 Å². The number of anilines is 1. The third-order valence-electron chi connectivity index (χ3n) is 4.60. The number of carbonyl (C=O) groups is 1. The molecule has 7 nitrogen and oxygen atoms in total. The van der Waals surface area contributed by atoms with Crippen molar-refractivity contribution in [3.8, 4) is 5.69 Å². The van der Waals surface area contributed by atoms with E-state index < -0.39 is 0 Å². The van der Waals surface area contributed by atoms with Crippen molar-refractivity contribution in [1.29, 1.82) is 0 Å². The van der Waals surface area contributed by atoms with Crippen LogP contribution in [0.4, 0.5) is 5.82 Å². The van der Waals surface area contributed by atoms with E-state index in [1.807, 2.05) is 61.5 Å². The molecule has 5 rings (SSSR count). The molecule has 31 heavy (non-hydrogen) atoms. The first-order chi connectivity index (χ1) is 15.2. The van der Waals surface area contributed by atoms with Crippen molar-refractivity contribution in [3.05, 3.63) is 83.2 Å². The van der Waals surface area contributed by atoms with Crippen LogP contribution in [0, 0.1) is 6.92 Å². The fourth-order valence-electron chi connectivity index (χ4n) is 3.18. The van der Waals surface area contributed by atoms with E-state index in [1.54, 1.807) is 16.9 Å². The Bertz CT molecular complexity index is 1360. The van der Waals surface area contributed by atoms with Gasteiger partial charge in [0.1, 0.15) is 10.6 Å². The van der Waals surface area contributed by atoms with E-state index in [2.05, 4.69) is 20.6 Å². The molecule has 0 aliphatic rings. The summed E-state index contributed by atoms with van der Waals surface area (Å²) in [7, 11) is 0. The molecular weight excluding hydrogens is 430 g/mol. The molecule has 0 atom stereocenters. The van der Waals surface area contributed by atoms with E-state index >= 15 is 0 Å². The second-order valence-electron chi connectivity index (χ2n) is 6.72. The molecule has 2 aromatic carbocycles. The highest BCUT2D eigenvalue weighted by molar-refractivity contribution is 8.00. The maximum absolute atomic E-state index is 13.1. The third-order valence-corrected chi connectivity index (χ3v) is 6.60. The lowest BCUT2D eigenvalue weighted by Gasteiger charge is -2.03. The summed E-state index contributed by atoms with van der Waals surface area (Å²) in [5, 5.41) is 17.3. The fraction of sp³-hybridized carbons (Fsp3) is 0.0909. The van der Waals surface area contributed by atoms with Crippen LogP contribution >= 0.6 is 23.1 Å². The molecular formula is C22H17N5O2S2. The Labute approximate surface area is 186 Å². The lowest BCUT2D eigenvalue weighted by atomic mass is 10.1. The molecule has 0 unspecified atom stereocenters. The number of aromatic nitrogens is 4. The third kappa shape index (κ3) is 4.10. The predicted octanol–water partition coefficient (Wildman–Crippen LogP) is 5.32. The number of thioether (sulfide) groups is 1. The molecule has 9 heteroatoms. The minimum atomic E-state index is -0.335. The van der Waals surface area contributed by atoms with Gasteiger partial charge in [0.2, 0.25) is 0 Å². The molecule has 0 bridgehead atoms. The van der Waals surface area contributed by atoms with Crippen LogP contribution in [0.3, 0.4) is 0 Å². The zero-order chi connectivity index (χ0) is 21.2. The number of benzene rings is 2. The molecule has 3 heterocycles. The number of carbonyl (C=O) groups excluding carboxylic acids is 1. The minimum Gasteiger partial charge on any atom is -0.451 e. The summed E-state index contributed by atoms with van der Waals surface area (Å²) < 4.78 is 8.49. The number of nitrogens with zero attached hydrogens (tertiary/aromatic N) is 4. The highest BCUT2D eigenvalue weighted by Crippen LogP contribution is 2.33. The van der Waals surface area contributed by atoms with Gasteiger partial charge in [-0.05, 0) is 25.1 Å². The average Bonchev–Trinajstić information content (AvgIpc) is 3.51. The molecule has 1 amide bonds. The maximum Gasteiger partial charge on any atom is 0.292 e. The lowest BCUT2D eigenvalue weighted by Crippen LogP contribution is -2.13. The summed E-state index contributed by atoms with van der Waals surface area (Å²) in [6.45, 7) is 1.92. The zero-order valence-electron chi connectivity index (χ0n) is 16.5. The summed E-state index contributed by atoms with van der Waals surface area (Å²) >= 11 is 3.07. The molecule has 5 aromatic rings. The number of aryl methyl sites for hydroxylation is 1. The normalized spacial score (nSPS) is 11.1. The number of fused-ring (bicyclic) bond motifs is 1. The van der Waals surface area contributed by atoms with Crippen LogP contribution in [-0.4, -0.2) is 25.9 Å².